The summed E-state index contributed by atoms with van der Waals surface area (Å²) in [7, 11) is 0. The summed E-state index contributed by atoms with van der Waals surface area (Å²) < 4.78 is 8.59. The van der Waals surface area contributed by atoms with Gasteiger partial charge in [-0.1, -0.05) is 109 Å². The SMILES string of the molecule is C=C(C)c1ccc2c(c1)sc1cccc(-c3nc(-c4ccccc4)nc(-c4cccc(-c5cccc6c5OC/C6=C\C)c4)n3)c12. The number of hydrogen-bond acceptors (Lipinski definition) is 5. The van der Waals surface area contributed by atoms with E-state index >= 15 is 0 Å². The molecule has 7 aromatic rings. The lowest BCUT2D eigenvalue weighted by Gasteiger charge is -2.12. The highest BCUT2D eigenvalue weighted by Gasteiger charge is 2.22. The van der Waals surface area contributed by atoms with Crippen molar-refractivity contribution in [3.8, 4) is 51.0 Å². The third-order valence-electron chi connectivity index (χ3n) is 8.41. The number of fused-ring (bicyclic) bond motifs is 4. The first kappa shape index (κ1) is 27.2. The van der Waals surface area contributed by atoms with Crippen molar-refractivity contribution in [2.24, 2.45) is 0 Å². The maximum Gasteiger partial charge on any atom is 0.164 e. The van der Waals surface area contributed by atoms with E-state index in [4.69, 9.17) is 19.7 Å². The molecule has 0 fully saturated rings. The zero-order chi connectivity index (χ0) is 30.5. The summed E-state index contributed by atoms with van der Waals surface area (Å²) in [6, 6.07) is 37.8. The second-order valence-electron chi connectivity index (χ2n) is 11.3. The van der Waals surface area contributed by atoms with Crippen LogP contribution in [0.1, 0.15) is 25.0 Å². The van der Waals surface area contributed by atoms with E-state index in [1.165, 1.54) is 20.4 Å². The van der Waals surface area contributed by atoms with Gasteiger partial charge in [-0.05, 0) is 48.7 Å². The van der Waals surface area contributed by atoms with Gasteiger partial charge in [0.05, 0.1) is 0 Å². The Hall–Kier alpha value is -5.39. The topological polar surface area (TPSA) is 47.9 Å². The zero-order valence-electron chi connectivity index (χ0n) is 25.0. The summed E-state index contributed by atoms with van der Waals surface area (Å²) in [5.41, 5.74) is 9.55. The van der Waals surface area contributed by atoms with Gasteiger partial charge in [-0.25, -0.2) is 15.0 Å². The Kier molecular flexibility index (Phi) is 6.62. The van der Waals surface area contributed by atoms with Crippen LogP contribution in [0.3, 0.4) is 0 Å². The van der Waals surface area contributed by atoms with Crippen molar-refractivity contribution in [2.45, 2.75) is 13.8 Å². The molecule has 5 heteroatoms. The minimum atomic E-state index is 0.594. The van der Waals surface area contributed by atoms with Gasteiger partial charge < -0.3 is 4.74 Å². The molecule has 216 valence electrons. The van der Waals surface area contributed by atoms with Gasteiger partial charge in [-0.15, -0.1) is 11.3 Å². The Morgan fingerprint density at radius 1 is 0.689 bits per heavy atom. The van der Waals surface area contributed by atoms with Crippen LogP contribution >= 0.6 is 11.3 Å². The molecule has 0 saturated carbocycles. The highest BCUT2D eigenvalue weighted by molar-refractivity contribution is 7.26. The number of ether oxygens (including phenoxy) is 1. The van der Waals surface area contributed by atoms with Crippen molar-refractivity contribution in [3.63, 3.8) is 0 Å². The Balaban J connectivity index is 1.32. The molecule has 0 spiro atoms. The Morgan fingerprint density at radius 3 is 2.20 bits per heavy atom. The van der Waals surface area contributed by atoms with Gasteiger partial charge in [0.15, 0.2) is 17.5 Å². The lowest BCUT2D eigenvalue weighted by Crippen LogP contribution is -2.00. The molecule has 0 saturated heterocycles. The molecule has 0 N–H and O–H groups in total. The second-order valence-corrected chi connectivity index (χ2v) is 12.4. The van der Waals surface area contributed by atoms with Crippen molar-refractivity contribution < 1.29 is 4.74 Å². The predicted octanol–water partition coefficient (Wildman–Crippen LogP) is 10.7. The third kappa shape index (κ3) is 4.73. The van der Waals surface area contributed by atoms with E-state index in [2.05, 4.69) is 98.4 Å². The summed E-state index contributed by atoms with van der Waals surface area (Å²) in [5.74, 6) is 2.85. The molecule has 0 aliphatic carbocycles. The number of thiophene rings is 1. The highest BCUT2D eigenvalue weighted by Crippen LogP contribution is 2.43. The number of allylic oxidation sites excluding steroid dienone is 2. The average molecular weight is 600 g/mol. The molecule has 0 radical (unpaired) electrons. The smallest absolute Gasteiger partial charge is 0.164 e. The van der Waals surface area contributed by atoms with Crippen LogP contribution in [0.25, 0.3) is 76.6 Å². The molecule has 3 heterocycles. The van der Waals surface area contributed by atoms with E-state index in [1.807, 2.05) is 37.3 Å². The summed E-state index contributed by atoms with van der Waals surface area (Å²) >= 11 is 1.79. The molecule has 5 aromatic carbocycles. The fraction of sp³-hybridized carbons (Fsp3) is 0.0750. The van der Waals surface area contributed by atoms with Crippen molar-refractivity contribution in [1.29, 1.82) is 0 Å². The first-order chi connectivity index (χ1) is 22.1. The van der Waals surface area contributed by atoms with E-state index in [0.717, 1.165) is 55.7 Å². The molecular weight excluding hydrogens is 571 g/mol. The van der Waals surface area contributed by atoms with E-state index in [0.29, 0.717) is 24.1 Å². The molecule has 4 nitrogen and oxygen atoms in total. The van der Waals surface area contributed by atoms with E-state index in [9.17, 15) is 0 Å². The Labute approximate surface area is 266 Å². The minimum absolute atomic E-state index is 0.594. The fourth-order valence-corrected chi connectivity index (χ4v) is 7.26. The minimum Gasteiger partial charge on any atom is -0.488 e. The summed E-state index contributed by atoms with van der Waals surface area (Å²) in [6.07, 6.45) is 2.13. The Bertz CT molecular complexity index is 2320. The molecule has 1 aliphatic heterocycles. The normalized spacial score (nSPS) is 13.3. The standard InChI is InChI=1S/C40H29N3OS/c1-4-25-23-44-37-30(25)15-9-16-31(37)28-13-8-14-29(21-28)39-41-38(26-11-6-5-7-12-26)42-40(43-39)33-17-10-18-34-36(33)32-20-19-27(24(2)3)22-35(32)45-34/h4-22H,2,23H2,1,3H3/b25-4+. The number of hydrogen-bond donors (Lipinski definition) is 0. The van der Waals surface area contributed by atoms with E-state index < -0.39 is 0 Å². The van der Waals surface area contributed by atoms with Crippen LogP contribution in [0.2, 0.25) is 0 Å². The molecule has 0 unspecified atom stereocenters. The van der Waals surface area contributed by atoms with Gasteiger partial charge in [0, 0.05) is 48.0 Å². The zero-order valence-corrected chi connectivity index (χ0v) is 25.9. The van der Waals surface area contributed by atoms with Crippen LogP contribution in [0.5, 0.6) is 5.75 Å². The first-order valence-corrected chi connectivity index (χ1v) is 15.8. The van der Waals surface area contributed by atoms with Crippen LogP contribution in [0.4, 0.5) is 0 Å². The molecule has 45 heavy (non-hydrogen) atoms. The van der Waals surface area contributed by atoms with Crippen molar-refractivity contribution >= 4 is 42.7 Å². The number of para-hydroxylation sites is 1. The summed E-state index contributed by atoms with van der Waals surface area (Å²) in [5, 5.41) is 2.35. The molecule has 2 aromatic heterocycles. The van der Waals surface area contributed by atoms with Gasteiger partial charge in [0.25, 0.3) is 0 Å². The van der Waals surface area contributed by atoms with Crippen molar-refractivity contribution in [1.82, 2.24) is 15.0 Å². The van der Waals surface area contributed by atoms with Crippen molar-refractivity contribution in [3.05, 3.63) is 133 Å². The van der Waals surface area contributed by atoms with Crippen LogP contribution in [-0.4, -0.2) is 21.6 Å². The monoisotopic (exact) mass is 599 g/mol. The lowest BCUT2D eigenvalue weighted by atomic mass is 9.97. The largest absolute Gasteiger partial charge is 0.488 e. The van der Waals surface area contributed by atoms with Crippen LogP contribution in [0, 0.1) is 0 Å². The van der Waals surface area contributed by atoms with Crippen LogP contribution in [-0.2, 0) is 0 Å². The number of benzene rings is 5. The lowest BCUT2D eigenvalue weighted by molar-refractivity contribution is 0.390. The summed E-state index contributed by atoms with van der Waals surface area (Å²) in [6.45, 7) is 8.84. The Morgan fingerprint density at radius 2 is 1.38 bits per heavy atom. The molecule has 1 aliphatic rings. The number of nitrogens with zero attached hydrogens (tertiary/aromatic N) is 3. The fourth-order valence-electron chi connectivity index (χ4n) is 6.08. The van der Waals surface area contributed by atoms with Crippen LogP contribution in [0.15, 0.2) is 122 Å². The average Bonchev–Trinajstić information content (AvgIpc) is 3.69. The van der Waals surface area contributed by atoms with Gasteiger partial charge in [-0.2, -0.15) is 0 Å². The summed E-state index contributed by atoms with van der Waals surface area (Å²) in [4.78, 5) is 15.2. The first-order valence-electron chi connectivity index (χ1n) is 15.0. The maximum absolute atomic E-state index is 6.16. The molecular formula is C40H29N3OS. The molecule has 0 bridgehead atoms. The number of aromatic nitrogens is 3. The number of rotatable bonds is 5. The maximum atomic E-state index is 6.16. The van der Waals surface area contributed by atoms with Gasteiger partial charge in [0.2, 0.25) is 0 Å². The van der Waals surface area contributed by atoms with Gasteiger partial charge in [0.1, 0.15) is 12.4 Å². The highest BCUT2D eigenvalue weighted by atomic mass is 32.1. The van der Waals surface area contributed by atoms with E-state index in [1.54, 1.807) is 11.3 Å². The predicted molar refractivity (Wildman–Crippen MR) is 188 cm³/mol. The van der Waals surface area contributed by atoms with Crippen LogP contribution < -0.4 is 4.74 Å². The van der Waals surface area contributed by atoms with E-state index in [-0.39, 0.29) is 0 Å². The quantitative estimate of drug-likeness (QED) is 0.197. The second kappa shape index (κ2) is 11.0. The molecule has 0 amide bonds. The third-order valence-corrected chi connectivity index (χ3v) is 9.53. The van der Waals surface area contributed by atoms with Crippen molar-refractivity contribution in [2.75, 3.05) is 6.61 Å². The van der Waals surface area contributed by atoms with Gasteiger partial charge >= 0.3 is 0 Å². The molecule has 8 rings (SSSR count). The van der Waals surface area contributed by atoms with Gasteiger partial charge in [-0.3, -0.25) is 0 Å². The molecule has 0 atom stereocenters.